The second-order valence-corrected chi connectivity index (χ2v) is 3.73. The molecule has 0 atom stereocenters. The standard InChI is InChI=1S/C5H2BrIN2O2/c6-3-2-8-5(9(10)11)1-4(3)7/h1-2H. The summed E-state index contributed by atoms with van der Waals surface area (Å²) in [5, 5.41) is 10.2. The number of hydrogen-bond donors (Lipinski definition) is 0. The van der Waals surface area contributed by atoms with E-state index in [1.54, 1.807) is 0 Å². The molecule has 0 aliphatic heterocycles. The quantitative estimate of drug-likeness (QED) is 0.452. The summed E-state index contributed by atoms with van der Waals surface area (Å²) in [5.41, 5.74) is 0. The zero-order valence-electron chi connectivity index (χ0n) is 5.12. The fraction of sp³-hybridized carbons (Fsp3) is 0. The van der Waals surface area contributed by atoms with Crippen LogP contribution >= 0.6 is 38.5 Å². The Bertz CT molecular complexity index is 305. The van der Waals surface area contributed by atoms with Crippen molar-refractivity contribution in [2.45, 2.75) is 0 Å². The molecule has 0 bridgehead atoms. The zero-order valence-corrected chi connectivity index (χ0v) is 8.87. The van der Waals surface area contributed by atoms with Crippen molar-refractivity contribution in [3.63, 3.8) is 0 Å². The molecule has 0 aromatic carbocycles. The highest BCUT2D eigenvalue weighted by molar-refractivity contribution is 14.1. The van der Waals surface area contributed by atoms with Crippen molar-refractivity contribution in [1.82, 2.24) is 4.98 Å². The van der Waals surface area contributed by atoms with Gasteiger partial charge in [0.25, 0.3) is 0 Å². The Labute approximate surface area is 84.4 Å². The van der Waals surface area contributed by atoms with E-state index in [4.69, 9.17) is 0 Å². The van der Waals surface area contributed by atoms with Crippen molar-refractivity contribution in [1.29, 1.82) is 0 Å². The molecule has 11 heavy (non-hydrogen) atoms. The predicted molar refractivity (Wildman–Crippen MR) is 51.3 cm³/mol. The van der Waals surface area contributed by atoms with Gasteiger partial charge in [0.1, 0.15) is 0 Å². The van der Waals surface area contributed by atoms with Crippen LogP contribution in [-0.2, 0) is 0 Å². The number of aromatic nitrogens is 1. The lowest BCUT2D eigenvalue weighted by Gasteiger charge is -1.93. The van der Waals surface area contributed by atoms with E-state index in [0.717, 1.165) is 8.04 Å². The van der Waals surface area contributed by atoms with Crippen LogP contribution in [0.2, 0.25) is 0 Å². The monoisotopic (exact) mass is 328 g/mol. The van der Waals surface area contributed by atoms with Gasteiger partial charge in [0.2, 0.25) is 0 Å². The molecule has 0 N–H and O–H groups in total. The van der Waals surface area contributed by atoms with E-state index in [9.17, 15) is 10.1 Å². The first kappa shape index (κ1) is 8.85. The molecular weight excluding hydrogens is 327 g/mol. The van der Waals surface area contributed by atoms with E-state index >= 15 is 0 Å². The van der Waals surface area contributed by atoms with Crippen molar-refractivity contribution in [3.05, 3.63) is 30.4 Å². The number of nitrogens with zero attached hydrogens (tertiary/aromatic N) is 2. The normalized spacial score (nSPS) is 9.64. The van der Waals surface area contributed by atoms with Crippen LogP contribution in [0.5, 0.6) is 0 Å². The number of pyridine rings is 1. The van der Waals surface area contributed by atoms with E-state index in [1.165, 1.54) is 12.3 Å². The molecule has 1 rings (SSSR count). The molecule has 1 aromatic rings. The number of halogens is 2. The Morgan fingerprint density at radius 3 is 2.82 bits per heavy atom. The third kappa shape index (κ3) is 2.09. The minimum absolute atomic E-state index is 0.127. The Morgan fingerprint density at radius 2 is 2.36 bits per heavy atom. The van der Waals surface area contributed by atoms with E-state index < -0.39 is 4.92 Å². The van der Waals surface area contributed by atoms with E-state index in [-0.39, 0.29) is 5.82 Å². The minimum atomic E-state index is -0.519. The van der Waals surface area contributed by atoms with Crippen LogP contribution in [0.1, 0.15) is 0 Å². The first-order valence-corrected chi connectivity index (χ1v) is 4.44. The fourth-order valence-electron chi connectivity index (χ4n) is 0.504. The van der Waals surface area contributed by atoms with Crippen LogP contribution in [0.15, 0.2) is 16.7 Å². The van der Waals surface area contributed by atoms with Crippen LogP contribution < -0.4 is 0 Å². The van der Waals surface area contributed by atoms with Gasteiger partial charge in [0, 0.05) is 3.57 Å². The molecule has 0 aliphatic rings. The van der Waals surface area contributed by atoms with Gasteiger partial charge in [0.15, 0.2) is 6.20 Å². The summed E-state index contributed by atoms with van der Waals surface area (Å²) in [6, 6.07) is 1.41. The third-order valence-corrected chi connectivity index (χ3v) is 3.25. The largest absolute Gasteiger partial charge is 0.364 e. The van der Waals surface area contributed by atoms with Gasteiger partial charge in [-0.05, 0) is 48.4 Å². The SMILES string of the molecule is O=[N+]([O-])c1cc(I)c(Br)cn1. The van der Waals surface area contributed by atoms with E-state index in [1.807, 2.05) is 22.6 Å². The molecule has 58 valence electrons. The maximum atomic E-state index is 10.2. The summed E-state index contributed by atoms with van der Waals surface area (Å²) in [4.78, 5) is 13.3. The summed E-state index contributed by atoms with van der Waals surface area (Å²) < 4.78 is 1.55. The Balaban J connectivity index is 3.15. The highest BCUT2D eigenvalue weighted by Crippen LogP contribution is 2.20. The molecule has 0 saturated carbocycles. The highest BCUT2D eigenvalue weighted by Gasteiger charge is 2.08. The van der Waals surface area contributed by atoms with Crippen LogP contribution in [0.3, 0.4) is 0 Å². The zero-order chi connectivity index (χ0) is 8.43. The van der Waals surface area contributed by atoms with Crippen molar-refractivity contribution in [2.24, 2.45) is 0 Å². The van der Waals surface area contributed by atoms with Crippen molar-refractivity contribution < 1.29 is 4.92 Å². The molecule has 6 heteroatoms. The number of rotatable bonds is 1. The molecular formula is C5H2BrIN2O2. The second kappa shape index (κ2) is 3.44. The van der Waals surface area contributed by atoms with Gasteiger partial charge >= 0.3 is 5.82 Å². The first-order chi connectivity index (χ1) is 5.11. The van der Waals surface area contributed by atoms with Gasteiger partial charge in [-0.15, -0.1) is 0 Å². The molecule has 0 saturated heterocycles. The predicted octanol–water partition coefficient (Wildman–Crippen LogP) is 2.36. The van der Waals surface area contributed by atoms with Crippen LogP contribution in [-0.4, -0.2) is 9.91 Å². The summed E-state index contributed by atoms with van der Waals surface area (Å²) in [6.07, 6.45) is 1.42. The molecule has 0 fully saturated rings. The van der Waals surface area contributed by atoms with Crippen LogP contribution in [0, 0.1) is 13.7 Å². The second-order valence-electron chi connectivity index (χ2n) is 1.71. The van der Waals surface area contributed by atoms with Crippen LogP contribution in [0.25, 0.3) is 0 Å². The summed E-state index contributed by atoms with van der Waals surface area (Å²) in [5.74, 6) is -0.127. The Hall–Kier alpha value is -0.240. The third-order valence-electron chi connectivity index (χ3n) is 0.981. The van der Waals surface area contributed by atoms with Crippen molar-refractivity contribution in [2.75, 3.05) is 0 Å². The summed E-state index contributed by atoms with van der Waals surface area (Å²) >= 11 is 5.18. The van der Waals surface area contributed by atoms with E-state index in [0.29, 0.717) is 0 Å². The van der Waals surface area contributed by atoms with Gasteiger partial charge in [-0.2, -0.15) is 0 Å². The van der Waals surface area contributed by atoms with Gasteiger partial charge in [-0.25, -0.2) is 0 Å². The maximum absolute atomic E-state index is 10.2. The number of hydrogen-bond acceptors (Lipinski definition) is 3. The molecule has 0 radical (unpaired) electrons. The smallest absolute Gasteiger partial charge is 0.358 e. The molecule has 0 unspecified atom stereocenters. The van der Waals surface area contributed by atoms with Crippen molar-refractivity contribution >= 4 is 44.3 Å². The topological polar surface area (TPSA) is 56.0 Å². The fourth-order valence-corrected chi connectivity index (χ4v) is 1.14. The van der Waals surface area contributed by atoms with E-state index in [2.05, 4.69) is 20.9 Å². The average Bonchev–Trinajstić information content (AvgIpc) is 1.94. The van der Waals surface area contributed by atoms with Gasteiger partial charge in [0.05, 0.1) is 10.5 Å². The minimum Gasteiger partial charge on any atom is -0.358 e. The van der Waals surface area contributed by atoms with Gasteiger partial charge < -0.3 is 10.1 Å². The lowest BCUT2D eigenvalue weighted by atomic mass is 10.5. The number of nitro groups is 1. The Kier molecular flexibility index (Phi) is 2.77. The lowest BCUT2D eigenvalue weighted by Crippen LogP contribution is -1.92. The van der Waals surface area contributed by atoms with Gasteiger partial charge in [-0.1, -0.05) is 0 Å². The molecule has 1 heterocycles. The molecule has 0 aliphatic carbocycles. The maximum Gasteiger partial charge on any atom is 0.364 e. The lowest BCUT2D eigenvalue weighted by molar-refractivity contribution is -0.389. The molecule has 1 aromatic heterocycles. The summed E-state index contributed by atoms with van der Waals surface area (Å²) in [6.45, 7) is 0. The van der Waals surface area contributed by atoms with Crippen molar-refractivity contribution in [3.8, 4) is 0 Å². The highest BCUT2D eigenvalue weighted by atomic mass is 127. The molecule has 0 amide bonds. The molecule has 4 nitrogen and oxygen atoms in total. The average molecular weight is 329 g/mol. The van der Waals surface area contributed by atoms with Gasteiger partial charge in [-0.3, -0.25) is 0 Å². The summed E-state index contributed by atoms with van der Waals surface area (Å²) in [7, 11) is 0. The Morgan fingerprint density at radius 1 is 1.73 bits per heavy atom. The molecule has 0 spiro atoms. The van der Waals surface area contributed by atoms with Crippen LogP contribution in [0.4, 0.5) is 5.82 Å². The first-order valence-electron chi connectivity index (χ1n) is 2.56.